The van der Waals surface area contributed by atoms with E-state index in [1.165, 1.54) is 16.8 Å². The van der Waals surface area contributed by atoms with Crippen molar-refractivity contribution in [2.24, 2.45) is 7.05 Å². The summed E-state index contributed by atoms with van der Waals surface area (Å²) in [5.74, 6) is 0.620. The quantitative estimate of drug-likeness (QED) is 0.251. The van der Waals surface area contributed by atoms with Crippen molar-refractivity contribution in [3.63, 3.8) is 0 Å². The predicted molar refractivity (Wildman–Crippen MR) is 141 cm³/mol. The van der Waals surface area contributed by atoms with Gasteiger partial charge in [0.05, 0.1) is 22.8 Å². The Hall–Kier alpha value is -2.80. The molecule has 0 saturated heterocycles. The summed E-state index contributed by atoms with van der Waals surface area (Å²) in [6, 6.07) is 4.04. The lowest BCUT2D eigenvalue weighted by Gasteiger charge is -2.19. The molecule has 3 N–H and O–H groups in total. The highest BCUT2D eigenvalue weighted by Crippen LogP contribution is 2.31. The van der Waals surface area contributed by atoms with Gasteiger partial charge >= 0.3 is 0 Å². The van der Waals surface area contributed by atoms with Crippen LogP contribution in [0.2, 0.25) is 0 Å². The first-order chi connectivity index (χ1) is 17.7. The number of methoxy groups -OCH3 is 1. The van der Waals surface area contributed by atoms with Crippen LogP contribution >= 0.6 is 0 Å². The van der Waals surface area contributed by atoms with Crippen LogP contribution in [-0.2, 0) is 28.2 Å². The molecule has 0 amide bonds. The minimum absolute atomic E-state index is 0.00347. The summed E-state index contributed by atoms with van der Waals surface area (Å²) in [6.07, 6.45) is 3.68. The Morgan fingerprint density at radius 2 is 1.97 bits per heavy atom. The molecule has 2 aromatic heterocycles. The zero-order valence-electron chi connectivity index (χ0n) is 21.9. The molecule has 0 fully saturated rings. The molecule has 3 aromatic rings. The molecule has 0 aliphatic rings. The molecule has 37 heavy (non-hydrogen) atoms. The first kappa shape index (κ1) is 28.8. The topological polar surface area (TPSA) is 148 Å². The lowest BCUT2D eigenvalue weighted by atomic mass is 10.1. The number of hydrogen-bond acceptors (Lipinski definition) is 8. The van der Waals surface area contributed by atoms with Crippen LogP contribution in [-0.4, -0.2) is 66.2 Å². The molecule has 3 rings (SSSR count). The number of aryl methyl sites for hydroxylation is 2. The Balaban J connectivity index is 2.08. The highest BCUT2D eigenvalue weighted by atomic mass is 32.2. The fourth-order valence-corrected chi connectivity index (χ4v) is 5.49. The van der Waals surface area contributed by atoms with Crippen LogP contribution in [0, 0.1) is 0 Å². The van der Waals surface area contributed by atoms with E-state index in [9.17, 15) is 18.3 Å². The second kappa shape index (κ2) is 13.1. The molecule has 204 valence electrons. The maximum Gasteiger partial charge on any atom is 0.277 e. The molecule has 0 aliphatic heterocycles. The van der Waals surface area contributed by atoms with Gasteiger partial charge in [-0.05, 0) is 50.3 Å². The molecule has 0 saturated carbocycles. The fraction of sp³-hybridized carbons (Fsp3) is 0.560. The number of benzene rings is 1. The normalized spacial score (nSPS) is 12.8. The van der Waals surface area contributed by atoms with Crippen LogP contribution in [0.15, 0.2) is 27.9 Å². The molecule has 2 heterocycles. The molecular formula is C25H37N5O6S. The van der Waals surface area contributed by atoms with E-state index in [-0.39, 0.29) is 29.3 Å². The molecule has 1 unspecified atom stereocenters. The van der Waals surface area contributed by atoms with Gasteiger partial charge in [-0.3, -0.25) is 9.48 Å². The van der Waals surface area contributed by atoms with Crippen molar-refractivity contribution in [3.8, 4) is 17.1 Å². The number of nitrogens with zero attached hydrogens (tertiary/aromatic N) is 3. The predicted octanol–water partition coefficient (Wildman–Crippen LogP) is 2.52. The van der Waals surface area contributed by atoms with Gasteiger partial charge in [-0.2, -0.15) is 5.10 Å². The van der Waals surface area contributed by atoms with Gasteiger partial charge in [0.15, 0.2) is 5.52 Å². The van der Waals surface area contributed by atoms with Crippen LogP contribution < -0.4 is 15.0 Å². The number of nitrogens with one attached hydrogen (secondary N) is 2. The van der Waals surface area contributed by atoms with Gasteiger partial charge < -0.3 is 19.6 Å². The monoisotopic (exact) mass is 535 g/mol. The van der Waals surface area contributed by atoms with E-state index in [2.05, 4.69) is 14.8 Å². The molecular weight excluding hydrogens is 498 g/mol. The number of ether oxygens (including phenoxy) is 2. The molecule has 0 aliphatic carbocycles. The second-order valence-corrected chi connectivity index (χ2v) is 10.6. The number of aliphatic hydroxyl groups excluding tert-OH is 1. The van der Waals surface area contributed by atoms with Gasteiger partial charge in [-0.1, -0.05) is 20.3 Å². The molecule has 0 spiro atoms. The smallest absolute Gasteiger partial charge is 0.277 e. The number of H-pyrrole nitrogens is 1. The van der Waals surface area contributed by atoms with Crippen molar-refractivity contribution < 1.29 is 23.0 Å². The maximum absolute atomic E-state index is 13.3. The van der Waals surface area contributed by atoms with Crippen LogP contribution in [0.5, 0.6) is 5.75 Å². The highest BCUT2D eigenvalue weighted by molar-refractivity contribution is 7.89. The first-order valence-corrected chi connectivity index (χ1v) is 14.1. The van der Waals surface area contributed by atoms with E-state index in [4.69, 9.17) is 14.5 Å². The van der Waals surface area contributed by atoms with Crippen molar-refractivity contribution in [1.29, 1.82) is 0 Å². The van der Waals surface area contributed by atoms with Gasteiger partial charge in [0.1, 0.15) is 17.1 Å². The third-order valence-corrected chi connectivity index (χ3v) is 7.45. The van der Waals surface area contributed by atoms with Gasteiger partial charge in [-0.15, -0.1) is 0 Å². The van der Waals surface area contributed by atoms with Crippen LogP contribution in [0.3, 0.4) is 0 Å². The Morgan fingerprint density at radius 3 is 2.65 bits per heavy atom. The van der Waals surface area contributed by atoms with Gasteiger partial charge in [0.25, 0.3) is 5.56 Å². The fourth-order valence-electron chi connectivity index (χ4n) is 4.16. The van der Waals surface area contributed by atoms with Gasteiger partial charge in [-0.25, -0.2) is 18.1 Å². The minimum Gasteiger partial charge on any atom is -0.493 e. The number of aromatic amines is 1. The Bertz CT molecular complexity index is 1350. The number of aliphatic hydroxyl groups is 1. The van der Waals surface area contributed by atoms with Crippen molar-refractivity contribution in [3.05, 3.63) is 34.2 Å². The summed E-state index contributed by atoms with van der Waals surface area (Å²) >= 11 is 0. The summed E-state index contributed by atoms with van der Waals surface area (Å²) in [5.41, 5.74) is 1.54. The standard InChI is InChI=1S/C25H37N5O6S/c1-5-8-20-22-23(30(3)28-20)25(32)27-24(26-22)19-16-18(10-11-21(19)36-14-6-2)37(33,34)29-17(12-13-31)9-7-15-35-4/h10-11,16-17,29,31H,5-9,12-15H2,1-4H3,(H,26,27,32). The number of hydrogen-bond donors (Lipinski definition) is 3. The summed E-state index contributed by atoms with van der Waals surface area (Å²) in [7, 11) is -0.664. The highest BCUT2D eigenvalue weighted by Gasteiger charge is 2.23. The molecule has 11 nitrogen and oxygen atoms in total. The number of sulfonamides is 1. The zero-order valence-corrected chi connectivity index (χ0v) is 22.7. The summed E-state index contributed by atoms with van der Waals surface area (Å²) in [4.78, 5) is 20.5. The third-order valence-electron chi connectivity index (χ3n) is 5.93. The van der Waals surface area contributed by atoms with E-state index in [0.29, 0.717) is 60.5 Å². The van der Waals surface area contributed by atoms with Gasteiger partial charge in [0.2, 0.25) is 10.0 Å². The average molecular weight is 536 g/mol. The van der Waals surface area contributed by atoms with Crippen molar-refractivity contribution in [1.82, 2.24) is 24.5 Å². The largest absolute Gasteiger partial charge is 0.493 e. The molecule has 1 atom stereocenters. The van der Waals surface area contributed by atoms with E-state index >= 15 is 0 Å². The van der Waals surface area contributed by atoms with Crippen LogP contribution in [0.1, 0.15) is 51.6 Å². The second-order valence-electron chi connectivity index (χ2n) is 8.90. The van der Waals surface area contributed by atoms with Crippen molar-refractivity contribution in [2.45, 2.75) is 63.3 Å². The van der Waals surface area contributed by atoms with Crippen molar-refractivity contribution >= 4 is 21.1 Å². The number of aromatic nitrogens is 4. The summed E-state index contributed by atoms with van der Waals surface area (Å²) in [6.45, 7) is 4.74. The molecule has 12 heteroatoms. The Morgan fingerprint density at radius 1 is 1.19 bits per heavy atom. The van der Waals surface area contributed by atoms with Crippen LogP contribution in [0.25, 0.3) is 22.4 Å². The Kier molecular flexibility index (Phi) is 10.2. The van der Waals surface area contributed by atoms with Crippen LogP contribution in [0.4, 0.5) is 0 Å². The molecule has 0 bridgehead atoms. The summed E-state index contributed by atoms with van der Waals surface area (Å²) in [5, 5.41) is 13.9. The Labute approximate surface area is 217 Å². The average Bonchev–Trinajstić information content (AvgIpc) is 3.18. The summed E-state index contributed by atoms with van der Waals surface area (Å²) < 4.78 is 41.8. The lowest BCUT2D eigenvalue weighted by molar-refractivity contribution is 0.186. The van der Waals surface area contributed by atoms with E-state index in [0.717, 1.165) is 12.8 Å². The zero-order chi connectivity index (χ0) is 27.0. The molecule has 1 aromatic carbocycles. The SMILES string of the molecule is CCCOc1ccc(S(=O)(=O)NC(CCO)CCCOC)cc1-c1nc2c(CCC)nn(C)c2c(=O)[nH]1. The van der Waals surface area contributed by atoms with E-state index in [1.54, 1.807) is 20.2 Å². The minimum atomic E-state index is -3.95. The molecule has 0 radical (unpaired) electrons. The van der Waals surface area contributed by atoms with Crippen molar-refractivity contribution in [2.75, 3.05) is 26.9 Å². The number of rotatable bonds is 15. The number of fused-ring (bicyclic) bond motifs is 1. The maximum atomic E-state index is 13.3. The van der Waals surface area contributed by atoms with E-state index < -0.39 is 16.1 Å². The van der Waals surface area contributed by atoms with Gasteiger partial charge in [0, 0.05) is 33.4 Å². The first-order valence-electron chi connectivity index (χ1n) is 12.6. The van der Waals surface area contributed by atoms with E-state index in [1.807, 2.05) is 13.8 Å². The lowest BCUT2D eigenvalue weighted by Crippen LogP contribution is -2.35. The third kappa shape index (κ3) is 6.95.